The second kappa shape index (κ2) is 6.83. The molecule has 1 N–H and O–H groups in total. The van der Waals surface area contributed by atoms with E-state index in [9.17, 15) is 0 Å². The number of fused-ring (bicyclic) bond motifs is 2. The minimum absolute atomic E-state index is 0.206. The van der Waals surface area contributed by atoms with Crippen LogP contribution in [0.25, 0.3) is 21.3 Å². The van der Waals surface area contributed by atoms with Crippen molar-refractivity contribution < 1.29 is 4.39 Å². The van der Waals surface area contributed by atoms with Crippen molar-refractivity contribution in [3.05, 3.63) is 82.6 Å². The highest BCUT2D eigenvalue weighted by molar-refractivity contribution is 7.19. The third kappa shape index (κ3) is 3.03. The van der Waals surface area contributed by atoms with Gasteiger partial charge in [-0.2, -0.15) is 10.2 Å². The Bertz CT molecular complexity index is 1070. The summed E-state index contributed by atoms with van der Waals surface area (Å²) in [6.07, 6.45) is 2.56. The lowest BCUT2D eigenvalue weighted by molar-refractivity contribution is 0.623. The molecule has 134 valence electrons. The largest absolute Gasteiger partial charge is 0.313 e. The van der Waals surface area contributed by atoms with Crippen LogP contribution in [0.2, 0.25) is 0 Å². The summed E-state index contributed by atoms with van der Waals surface area (Å²) in [6, 6.07) is 17.9. The maximum Gasteiger partial charge on any atom is 0.132 e. The number of hydrogen-bond donors (Lipinski definition) is 1. The Morgan fingerprint density at radius 3 is 2.85 bits per heavy atom. The molecule has 27 heavy (non-hydrogen) atoms. The summed E-state index contributed by atoms with van der Waals surface area (Å²) >= 11 is 1.81. The molecule has 3 heterocycles. The molecule has 1 aliphatic heterocycles. The summed E-state index contributed by atoms with van der Waals surface area (Å²) < 4.78 is 16.3. The van der Waals surface area contributed by atoms with E-state index < -0.39 is 0 Å². The molecule has 1 atom stereocenters. The SMILES string of the molecule is Fc1cc2c(cc1-c1cccnn1)CNCCC2c1cc2ccccc2s1. The fourth-order valence-corrected chi connectivity index (χ4v) is 5.07. The zero-order valence-electron chi connectivity index (χ0n) is 14.7. The van der Waals surface area contributed by atoms with E-state index in [1.54, 1.807) is 24.4 Å². The summed E-state index contributed by atoms with van der Waals surface area (Å²) in [5.41, 5.74) is 3.30. The van der Waals surface area contributed by atoms with Gasteiger partial charge in [0.25, 0.3) is 0 Å². The van der Waals surface area contributed by atoms with Crippen LogP contribution in [-0.4, -0.2) is 16.7 Å². The summed E-state index contributed by atoms with van der Waals surface area (Å²) in [6.45, 7) is 1.65. The fraction of sp³-hybridized carbons (Fsp3) is 0.182. The van der Waals surface area contributed by atoms with Crippen LogP contribution in [0, 0.1) is 5.82 Å². The molecule has 0 aliphatic carbocycles. The van der Waals surface area contributed by atoms with E-state index in [0.717, 1.165) is 30.6 Å². The highest BCUT2D eigenvalue weighted by Crippen LogP contribution is 2.40. The van der Waals surface area contributed by atoms with E-state index >= 15 is 4.39 Å². The molecule has 1 aliphatic rings. The Morgan fingerprint density at radius 1 is 1.07 bits per heavy atom. The van der Waals surface area contributed by atoms with Gasteiger partial charge in [-0.3, -0.25) is 0 Å². The average Bonchev–Trinajstić information content (AvgIpc) is 3.02. The van der Waals surface area contributed by atoms with E-state index in [1.807, 2.05) is 17.4 Å². The van der Waals surface area contributed by atoms with E-state index in [1.165, 1.54) is 15.0 Å². The first kappa shape index (κ1) is 16.5. The van der Waals surface area contributed by atoms with Crippen LogP contribution >= 0.6 is 11.3 Å². The van der Waals surface area contributed by atoms with E-state index in [4.69, 9.17) is 0 Å². The predicted molar refractivity (Wildman–Crippen MR) is 107 cm³/mol. The van der Waals surface area contributed by atoms with Gasteiger partial charge in [0.1, 0.15) is 5.82 Å². The summed E-state index contributed by atoms with van der Waals surface area (Å²) in [4.78, 5) is 1.30. The molecule has 0 saturated heterocycles. The third-order valence-electron chi connectivity index (χ3n) is 5.17. The Hall–Kier alpha value is -2.63. The number of halogens is 1. The monoisotopic (exact) mass is 375 g/mol. The van der Waals surface area contributed by atoms with Gasteiger partial charge < -0.3 is 5.32 Å². The lowest BCUT2D eigenvalue weighted by Crippen LogP contribution is -2.12. The molecule has 0 spiro atoms. The second-order valence-electron chi connectivity index (χ2n) is 6.84. The minimum atomic E-state index is -0.234. The van der Waals surface area contributed by atoms with Crippen LogP contribution in [-0.2, 0) is 6.54 Å². The molecule has 0 saturated carbocycles. The summed E-state index contributed by atoms with van der Waals surface area (Å²) in [7, 11) is 0. The van der Waals surface area contributed by atoms with Crippen molar-refractivity contribution in [1.82, 2.24) is 15.5 Å². The van der Waals surface area contributed by atoms with Crippen molar-refractivity contribution in [2.45, 2.75) is 18.9 Å². The Kier molecular flexibility index (Phi) is 4.19. The zero-order valence-corrected chi connectivity index (χ0v) is 15.5. The molecule has 0 amide bonds. The number of hydrogen-bond acceptors (Lipinski definition) is 4. The first-order chi connectivity index (χ1) is 13.3. The molecule has 0 bridgehead atoms. The highest BCUT2D eigenvalue weighted by atomic mass is 32.1. The molecular weight excluding hydrogens is 357 g/mol. The fourth-order valence-electron chi connectivity index (χ4n) is 3.85. The minimum Gasteiger partial charge on any atom is -0.313 e. The average molecular weight is 375 g/mol. The van der Waals surface area contributed by atoms with Gasteiger partial charge in [-0.1, -0.05) is 18.2 Å². The molecule has 5 rings (SSSR count). The van der Waals surface area contributed by atoms with Crippen LogP contribution in [0.15, 0.2) is 60.8 Å². The molecule has 4 aromatic rings. The molecule has 0 radical (unpaired) electrons. The molecule has 1 unspecified atom stereocenters. The lowest BCUT2D eigenvalue weighted by atomic mass is 9.89. The Labute approximate surface area is 160 Å². The van der Waals surface area contributed by atoms with Gasteiger partial charge in [-0.25, -0.2) is 4.39 Å². The molecule has 3 nitrogen and oxygen atoms in total. The maximum atomic E-state index is 15.0. The summed E-state index contributed by atoms with van der Waals surface area (Å²) in [5.74, 6) is -0.0277. The van der Waals surface area contributed by atoms with Gasteiger partial charge >= 0.3 is 0 Å². The van der Waals surface area contributed by atoms with Crippen molar-refractivity contribution in [1.29, 1.82) is 0 Å². The highest BCUT2D eigenvalue weighted by Gasteiger charge is 2.24. The molecule has 5 heteroatoms. The van der Waals surface area contributed by atoms with Crippen molar-refractivity contribution in [2.75, 3.05) is 6.54 Å². The van der Waals surface area contributed by atoms with Gasteiger partial charge in [-0.15, -0.1) is 11.3 Å². The molecule has 2 aromatic carbocycles. The second-order valence-corrected chi connectivity index (χ2v) is 7.96. The maximum absolute atomic E-state index is 15.0. The van der Waals surface area contributed by atoms with Crippen LogP contribution in [0.1, 0.15) is 28.3 Å². The molecular formula is C22H18FN3S. The van der Waals surface area contributed by atoms with Gasteiger partial charge in [0.15, 0.2) is 0 Å². The van der Waals surface area contributed by atoms with Crippen molar-refractivity contribution in [3.8, 4) is 11.3 Å². The number of aromatic nitrogens is 2. The number of benzene rings is 2. The normalized spacial score (nSPS) is 16.9. The van der Waals surface area contributed by atoms with Crippen LogP contribution in [0.4, 0.5) is 4.39 Å². The Balaban J connectivity index is 1.63. The van der Waals surface area contributed by atoms with Crippen molar-refractivity contribution >= 4 is 21.4 Å². The number of nitrogens with one attached hydrogen (secondary N) is 1. The van der Waals surface area contributed by atoms with Crippen molar-refractivity contribution in [2.24, 2.45) is 0 Å². The summed E-state index contributed by atoms with van der Waals surface area (Å²) in [5, 5.41) is 12.7. The number of rotatable bonds is 2. The zero-order chi connectivity index (χ0) is 18.2. The van der Waals surface area contributed by atoms with Gasteiger partial charge in [0.2, 0.25) is 0 Å². The predicted octanol–water partition coefficient (Wildman–Crippen LogP) is 5.12. The first-order valence-electron chi connectivity index (χ1n) is 9.09. The number of nitrogens with zero attached hydrogens (tertiary/aromatic N) is 2. The number of thiophene rings is 1. The Morgan fingerprint density at radius 2 is 2.00 bits per heavy atom. The van der Waals surface area contributed by atoms with Crippen LogP contribution < -0.4 is 5.32 Å². The third-order valence-corrected chi connectivity index (χ3v) is 6.40. The quantitative estimate of drug-likeness (QED) is 0.528. The molecule has 2 aromatic heterocycles. The standard InChI is InChI=1S/C22H18FN3S/c23-19-12-17-15(10-18(19)20-5-3-8-25-26-20)13-24-9-7-16(17)22-11-14-4-1-2-6-21(14)27-22/h1-6,8,10-12,16,24H,7,9,13H2. The lowest BCUT2D eigenvalue weighted by Gasteiger charge is -2.17. The smallest absolute Gasteiger partial charge is 0.132 e. The van der Waals surface area contributed by atoms with Gasteiger partial charge in [0.05, 0.1) is 5.69 Å². The van der Waals surface area contributed by atoms with Gasteiger partial charge in [-0.05, 0) is 65.9 Å². The first-order valence-corrected chi connectivity index (χ1v) is 9.91. The van der Waals surface area contributed by atoms with E-state index in [0.29, 0.717) is 11.3 Å². The topological polar surface area (TPSA) is 37.8 Å². The van der Waals surface area contributed by atoms with Crippen molar-refractivity contribution in [3.63, 3.8) is 0 Å². The van der Waals surface area contributed by atoms with Crippen LogP contribution in [0.5, 0.6) is 0 Å². The van der Waals surface area contributed by atoms with E-state index in [2.05, 4.69) is 45.8 Å². The van der Waals surface area contributed by atoms with E-state index in [-0.39, 0.29) is 11.7 Å². The van der Waals surface area contributed by atoms with Gasteiger partial charge in [0, 0.05) is 33.8 Å². The van der Waals surface area contributed by atoms with Crippen LogP contribution in [0.3, 0.4) is 0 Å². The molecule has 0 fully saturated rings.